The van der Waals surface area contributed by atoms with Gasteiger partial charge in [0.25, 0.3) is 5.91 Å². The van der Waals surface area contributed by atoms with Crippen molar-refractivity contribution in [1.29, 1.82) is 0 Å². The fourth-order valence-corrected chi connectivity index (χ4v) is 2.39. The van der Waals surface area contributed by atoms with Crippen molar-refractivity contribution in [2.24, 2.45) is 0 Å². The van der Waals surface area contributed by atoms with Crippen LogP contribution in [0.2, 0.25) is 0 Å². The Morgan fingerprint density at radius 3 is 2.55 bits per heavy atom. The Morgan fingerprint density at radius 2 is 1.90 bits per heavy atom. The smallest absolute Gasteiger partial charge is 0.270 e. The maximum Gasteiger partial charge on any atom is 0.270 e. The third-order valence-electron chi connectivity index (χ3n) is 3.87. The minimum absolute atomic E-state index is 0.00393. The lowest BCUT2D eigenvalue weighted by Crippen LogP contribution is -2.27. The second-order valence-electron chi connectivity index (χ2n) is 5.72. The van der Waals surface area contributed by atoms with Crippen LogP contribution in [0.4, 0.5) is 0 Å². The first kappa shape index (κ1) is 11.7. The number of rotatable bonds is 4. The third kappa shape index (κ3) is 2.22. The molecule has 1 heterocycles. The zero-order valence-electron chi connectivity index (χ0n) is 11.2. The molecule has 4 heteroatoms. The van der Waals surface area contributed by atoms with Gasteiger partial charge in [-0.1, -0.05) is 18.2 Å². The topological polar surface area (TPSA) is 46.9 Å². The predicted octanol–water partition coefficient (Wildman–Crippen LogP) is 2.64. The van der Waals surface area contributed by atoms with Crippen LogP contribution in [-0.2, 0) is 0 Å². The molecule has 2 fully saturated rings. The highest BCUT2D eigenvalue weighted by Gasteiger charge is 2.30. The Hall–Kier alpha value is -2.10. The molecular formula is C16H17N3O. The monoisotopic (exact) mass is 267 g/mol. The van der Waals surface area contributed by atoms with E-state index in [1.807, 2.05) is 36.4 Å². The first-order valence-electron chi connectivity index (χ1n) is 7.27. The quantitative estimate of drug-likeness (QED) is 0.925. The summed E-state index contributed by atoms with van der Waals surface area (Å²) in [4.78, 5) is 12.4. The lowest BCUT2D eigenvalue weighted by atomic mass is 10.2. The van der Waals surface area contributed by atoms with Crippen molar-refractivity contribution < 1.29 is 4.79 Å². The van der Waals surface area contributed by atoms with Crippen LogP contribution in [0.3, 0.4) is 0 Å². The number of carbonyl (C=O) groups is 1. The standard InChI is InChI=1S/C16H17N3O/c20-16(17-12-8-9-12)15-10-14(11-6-7-11)18-19(15)13-4-2-1-3-5-13/h1-5,10-12H,6-9H2,(H,17,20). The Balaban J connectivity index is 1.72. The van der Waals surface area contributed by atoms with Gasteiger partial charge in [-0.3, -0.25) is 4.79 Å². The summed E-state index contributed by atoms with van der Waals surface area (Å²) < 4.78 is 1.78. The van der Waals surface area contributed by atoms with E-state index in [1.165, 1.54) is 12.8 Å². The SMILES string of the molecule is O=C(NC1CC1)c1cc(C2CC2)nn1-c1ccccc1. The van der Waals surface area contributed by atoms with Crippen molar-refractivity contribution in [2.45, 2.75) is 37.6 Å². The largest absolute Gasteiger partial charge is 0.348 e. The number of para-hydroxylation sites is 1. The normalized spacial score (nSPS) is 18.0. The van der Waals surface area contributed by atoms with E-state index in [1.54, 1.807) is 4.68 Å². The summed E-state index contributed by atoms with van der Waals surface area (Å²) in [5.41, 5.74) is 2.65. The van der Waals surface area contributed by atoms with E-state index in [9.17, 15) is 4.79 Å². The molecule has 0 saturated heterocycles. The van der Waals surface area contributed by atoms with Gasteiger partial charge >= 0.3 is 0 Å². The molecule has 2 aliphatic carbocycles. The highest BCUT2D eigenvalue weighted by atomic mass is 16.2. The van der Waals surface area contributed by atoms with Crippen LogP contribution in [0.15, 0.2) is 36.4 Å². The van der Waals surface area contributed by atoms with Crippen molar-refractivity contribution in [2.75, 3.05) is 0 Å². The summed E-state index contributed by atoms with van der Waals surface area (Å²) >= 11 is 0. The first-order chi connectivity index (χ1) is 9.81. The van der Waals surface area contributed by atoms with Crippen molar-refractivity contribution in [3.8, 4) is 5.69 Å². The molecule has 1 amide bonds. The second kappa shape index (κ2) is 4.47. The van der Waals surface area contributed by atoms with Gasteiger partial charge in [0, 0.05) is 12.0 Å². The van der Waals surface area contributed by atoms with Gasteiger partial charge in [0.15, 0.2) is 0 Å². The van der Waals surface area contributed by atoms with Crippen molar-refractivity contribution in [3.63, 3.8) is 0 Å². The van der Waals surface area contributed by atoms with Crippen molar-refractivity contribution in [1.82, 2.24) is 15.1 Å². The number of carbonyl (C=O) groups excluding carboxylic acids is 1. The van der Waals surface area contributed by atoms with Gasteiger partial charge in [-0.25, -0.2) is 4.68 Å². The summed E-state index contributed by atoms with van der Waals surface area (Å²) in [5.74, 6) is 0.545. The molecule has 102 valence electrons. The van der Waals surface area contributed by atoms with Crippen LogP contribution in [0.1, 0.15) is 47.8 Å². The van der Waals surface area contributed by atoms with E-state index in [0.29, 0.717) is 17.7 Å². The van der Waals surface area contributed by atoms with E-state index in [0.717, 1.165) is 24.2 Å². The van der Waals surface area contributed by atoms with E-state index in [2.05, 4.69) is 10.4 Å². The number of amides is 1. The van der Waals surface area contributed by atoms with Gasteiger partial charge in [0.1, 0.15) is 5.69 Å². The van der Waals surface area contributed by atoms with E-state index in [4.69, 9.17) is 0 Å². The minimum atomic E-state index is -0.00393. The van der Waals surface area contributed by atoms with Crippen LogP contribution in [0.25, 0.3) is 5.69 Å². The average molecular weight is 267 g/mol. The molecule has 0 spiro atoms. The number of aromatic nitrogens is 2. The maximum absolute atomic E-state index is 12.4. The summed E-state index contributed by atoms with van der Waals surface area (Å²) in [7, 11) is 0. The molecule has 0 aliphatic heterocycles. The van der Waals surface area contributed by atoms with Gasteiger partial charge in [-0.15, -0.1) is 0 Å². The van der Waals surface area contributed by atoms with E-state index in [-0.39, 0.29) is 5.91 Å². The average Bonchev–Trinajstić information content (AvgIpc) is 3.40. The summed E-state index contributed by atoms with van der Waals surface area (Å²) in [6.07, 6.45) is 4.58. The molecule has 4 nitrogen and oxygen atoms in total. The Bertz CT molecular complexity index is 639. The molecule has 0 bridgehead atoms. The van der Waals surface area contributed by atoms with E-state index >= 15 is 0 Å². The molecule has 4 rings (SSSR count). The van der Waals surface area contributed by atoms with E-state index < -0.39 is 0 Å². The molecule has 1 aromatic heterocycles. The lowest BCUT2D eigenvalue weighted by molar-refractivity contribution is 0.0943. The second-order valence-corrected chi connectivity index (χ2v) is 5.72. The van der Waals surface area contributed by atoms with Gasteiger partial charge in [0.05, 0.1) is 11.4 Å². The Kier molecular flexibility index (Phi) is 2.62. The van der Waals surface area contributed by atoms with Crippen LogP contribution in [0.5, 0.6) is 0 Å². The van der Waals surface area contributed by atoms with Crippen LogP contribution in [0, 0.1) is 0 Å². The molecule has 2 aliphatic rings. The highest BCUT2D eigenvalue weighted by molar-refractivity contribution is 5.93. The van der Waals surface area contributed by atoms with Crippen LogP contribution < -0.4 is 5.32 Å². The fourth-order valence-electron chi connectivity index (χ4n) is 2.39. The van der Waals surface area contributed by atoms with Crippen LogP contribution in [-0.4, -0.2) is 21.7 Å². The Morgan fingerprint density at radius 1 is 1.15 bits per heavy atom. The highest BCUT2D eigenvalue weighted by Crippen LogP contribution is 2.39. The van der Waals surface area contributed by atoms with Crippen molar-refractivity contribution in [3.05, 3.63) is 47.8 Å². The van der Waals surface area contributed by atoms with Gasteiger partial charge in [-0.05, 0) is 43.9 Å². The molecule has 2 saturated carbocycles. The number of nitrogens with zero attached hydrogens (tertiary/aromatic N) is 2. The Labute approximate surface area is 117 Å². The van der Waals surface area contributed by atoms with Crippen molar-refractivity contribution >= 4 is 5.91 Å². The minimum Gasteiger partial charge on any atom is -0.348 e. The predicted molar refractivity (Wildman–Crippen MR) is 76.0 cm³/mol. The number of hydrogen-bond acceptors (Lipinski definition) is 2. The summed E-state index contributed by atoms with van der Waals surface area (Å²) in [5, 5.41) is 7.70. The molecular weight excluding hydrogens is 250 g/mol. The summed E-state index contributed by atoms with van der Waals surface area (Å²) in [6.45, 7) is 0. The zero-order chi connectivity index (χ0) is 13.5. The van der Waals surface area contributed by atoms with Gasteiger partial charge in [0.2, 0.25) is 0 Å². The molecule has 1 N–H and O–H groups in total. The fraction of sp³-hybridized carbons (Fsp3) is 0.375. The molecule has 0 radical (unpaired) electrons. The lowest BCUT2D eigenvalue weighted by Gasteiger charge is -2.07. The first-order valence-corrected chi connectivity index (χ1v) is 7.27. The zero-order valence-corrected chi connectivity index (χ0v) is 11.2. The van der Waals surface area contributed by atoms with Gasteiger partial charge in [-0.2, -0.15) is 5.10 Å². The molecule has 2 aromatic rings. The maximum atomic E-state index is 12.4. The number of hydrogen-bond donors (Lipinski definition) is 1. The van der Waals surface area contributed by atoms with Gasteiger partial charge < -0.3 is 5.32 Å². The summed E-state index contributed by atoms with van der Waals surface area (Å²) in [6, 6.07) is 12.2. The molecule has 1 aromatic carbocycles. The molecule has 0 unspecified atom stereocenters. The number of nitrogens with one attached hydrogen (secondary N) is 1. The van der Waals surface area contributed by atoms with Crippen LogP contribution >= 0.6 is 0 Å². The molecule has 0 atom stereocenters. The third-order valence-corrected chi connectivity index (χ3v) is 3.87. The molecule has 20 heavy (non-hydrogen) atoms. The number of benzene rings is 1.